The van der Waals surface area contributed by atoms with Crippen LogP contribution in [0.1, 0.15) is 11.3 Å². The molecule has 1 aromatic heterocycles. The Hall–Kier alpha value is -2.97. The molecule has 1 aromatic carbocycles. The lowest BCUT2D eigenvalue weighted by atomic mass is 10.2. The summed E-state index contributed by atoms with van der Waals surface area (Å²) < 4.78 is 1.22. The van der Waals surface area contributed by atoms with Gasteiger partial charge < -0.3 is 10.4 Å². The largest absolute Gasteiger partial charge is 0.480 e. The molecule has 1 heterocycles. The summed E-state index contributed by atoms with van der Waals surface area (Å²) in [4.78, 5) is 20.8. The molecule has 2 aromatic rings. The number of carboxylic acids is 1. The molecule has 21 heavy (non-hydrogen) atoms. The fraction of sp³-hybridized carbons (Fsp3) is 0.250. The summed E-state index contributed by atoms with van der Waals surface area (Å²) in [6, 6.07) is 4.70. The Morgan fingerprint density at radius 3 is 2.90 bits per heavy atom. The second-order valence-corrected chi connectivity index (χ2v) is 4.41. The normalized spacial score (nSPS) is 10.3. The van der Waals surface area contributed by atoms with Crippen LogP contribution in [0.2, 0.25) is 0 Å². The molecule has 0 fully saturated rings. The third-order valence-corrected chi connectivity index (χ3v) is 2.75. The number of hydrogen-bond donors (Lipinski definition) is 2. The molecule has 0 unspecified atom stereocenters. The molecular formula is C12H13N5O4. The van der Waals surface area contributed by atoms with Crippen LogP contribution in [0.5, 0.6) is 0 Å². The molecule has 9 heteroatoms. The van der Waals surface area contributed by atoms with E-state index in [-0.39, 0.29) is 12.2 Å². The number of nitrogens with one attached hydrogen (secondary N) is 1. The number of nitro benzene ring substituents is 1. The first-order valence-electron chi connectivity index (χ1n) is 6.05. The van der Waals surface area contributed by atoms with Gasteiger partial charge in [0.15, 0.2) is 0 Å². The van der Waals surface area contributed by atoms with Crippen molar-refractivity contribution in [2.75, 3.05) is 5.32 Å². The smallest absolute Gasteiger partial charge is 0.325 e. The van der Waals surface area contributed by atoms with E-state index in [9.17, 15) is 14.9 Å². The Bertz CT molecular complexity index is 682. The van der Waals surface area contributed by atoms with Gasteiger partial charge in [0.1, 0.15) is 12.2 Å². The van der Waals surface area contributed by atoms with Crippen molar-refractivity contribution < 1.29 is 14.8 Å². The monoisotopic (exact) mass is 291 g/mol. The van der Waals surface area contributed by atoms with Gasteiger partial charge in [0.05, 0.1) is 17.7 Å². The van der Waals surface area contributed by atoms with Crippen molar-refractivity contribution in [3.8, 4) is 0 Å². The Kier molecular flexibility index (Phi) is 4.12. The van der Waals surface area contributed by atoms with Crippen molar-refractivity contribution in [1.82, 2.24) is 15.0 Å². The molecule has 0 atom stereocenters. The molecule has 0 aliphatic rings. The highest BCUT2D eigenvalue weighted by Crippen LogP contribution is 2.21. The molecule has 2 N–H and O–H groups in total. The van der Waals surface area contributed by atoms with Crippen LogP contribution in [0.15, 0.2) is 24.4 Å². The lowest BCUT2D eigenvalue weighted by Gasteiger charge is -2.05. The fourth-order valence-corrected chi connectivity index (χ4v) is 1.80. The van der Waals surface area contributed by atoms with Crippen LogP contribution in [0, 0.1) is 17.0 Å². The minimum Gasteiger partial charge on any atom is -0.480 e. The Morgan fingerprint density at radius 1 is 1.52 bits per heavy atom. The van der Waals surface area contributed by atoms with E-state index in [1.165, 1.54) is 16.9 Å². The summed E-state index contributed by atoms with van der Waals surface area (Å²) in [5, 5.41) is 29.9. The molecule has 0 spiro atoms. The van der Waals surface area contributed by atoms with Crippen LogP contribution in [0.3, 0.4) is 0 Å². The van der Waals surface area contributed by atoms with Gasteiger partial charge in [0, 0.05) is 17.3 Å². The van der Waals surface area contributed by atoms with Gasteiger partial charge in [-0.2, -0.15) is 0 Å². The predicted molar refractivity (Wildman–Crippen MR) is 72.8 cm³/mol. The highest BCUT2D eigenvalue weighted by atomic mass is 16.6. The summed E-state index contributed by atoms with van der Waals surface area (Å²) in [6.45, 7) is 1.76. The summed E-state index contributed by atoms with van der Waals surface area (Å²) in [5.41, 5.74) is 1.91. The molecule has 0 aliphatic heterocycles. The van der Waals surface area contributed by atoms with Gasteiger partial charge in [-0.1, -0.05) is 5.21 Å². The van der Waals surface area contributed by atoms with Gasteiger partial charge in [-0.3, -0.25) is 14.9 Å². The SMILES string of the molecule is Cc1cc(NCc2cn(CC(=O)O)nn2)ccc1[N+](=O)[O-]. The van der Waals surface area contributed by atoms with E-state index in [0.717, 1.165) is 0 Å². The minimum absolute atomic E-state index is 0.0629. The maximum Gasteiger partial charge on any atom is 0.325 e. The molecule has 0 saturated carbocycles. The number of aryl methyl sites for hydroxylation is 1. The van der Waals surface area contributed by atoms with E-state index < -0.39 is 10.9 Å². The Morgan fingerprint density at radius 2 is 2.29 bits per heavy atom. The number of benzene rings is 1. The summed E-state index contributed by atoms with van der Waals surface area (Å²) in [5.74, 6) is -0.995. The van der Waals surface area contributed by atoms with E-state index in [2.05, 4.69) is 15.6 Å². The molecule has 110 valence electrons. The first-order chi connectivity index (χ1) is 9.95. The molecule has 0 bridgehead atoms. The number of carboxylic acid groups (broad SMARTS) is 1. The number of carbonyl (C=O) groups is 1. The van der Waals surface area contributed by atoms with Crippen molar-refractivity contribution in [3.05, 3.63) is 45.8 Å². The molecule has 0 saturated heterocycles. The van der Waals surface area contributed by atoms with E-state index in [1.807, 2.05) is 0 Å². The summed E-state index contributed by atoms with van der Waals surface area (Å²) in [7, 11) is 0. The lowest BCUT2D eigenvalue weighted by Crippen LogP contribution is -2.09. The molecule has 2 rings (SSSR count). The van der Waals surface area contributed by atoms with Crippen LogP contribution in [0.4, 0.5) is 11.4 Å². The zero-order chi connectivity index (χ0) is 15.4. The van der Waals surface area contributed by atoms with Crippen LogP contribution >= 0.6 is 0 Å². The number of rotatable bonds is 6. The number of nitro groups is 1. The number of nitrogens with zero attached hydrogens (tertiary/aromatic N) is 4. The Labute approximate surface area is 119 Å². The van der Waals surface area contributed by atoms with Gasteiger partial charge in [0.25, 0.3) is 5.69 Å². The first kappa shape index (κ1) is 14.4. The van der Waals surface area contributed by atoms with E-state index in [4.69, 9.17) is 5.11 Å². The average Bonchev–Trinajstić information content (AvgIpc) is 2.82. The summed E-state index contributed by atoms with van der Waals surface area (Å²) in [6.07, 6.45) is 1.53. The second-order valence-electron chi connectivity index (χ2n) is 4.41. The fourth-order valence-electron chi connectivity index (χ4n) is 1.80. The van der Waals surface area contributed by atoms with Crippen LogP contribution < -0.4 is 5.32 Å². The Balaban J connectivity index is 1.99. The van der Waals surface area contributed by atoms with E-state index in [0.29, 0.717) is 23.5 Å². The lowest BCUT2D eigenvalue weighted by molar-refractivity contribution is -0.385. The van der Waals surface area contributed by atoms with Crippen molar-refractivity contribution in [2.45, 2.75) is 20.0 Å². The third kappa shape index (κ3) is 3.75. The van der Waals surface area contributed by atoms with Gasteiger partial charge in [-0.15, -0.1) is 5.10 Å². The standard InChI is InChI=1S/C12H13N5O4/c1-8-4-9(2-3-11(8)17(20)21)13-5-10-6-16(15-14-10)7-12(18)19/h2-4,6,13H,5,7H2,1H3,(H,18,19). The summed E-state index contributed by atoms with van der Waals surface area (Å²) >= 11 is 0. The zero-order valence-corrected chi connectivity index (χ0v) is 11.2. The maximum absolute atomic E-state index is 10.7. The predicted octanol–water partition coefficient (Wildman–Crippen LogP) is 1.19. The average molecular weight is 291 g/mol. The maximum atomic E-state index is 10.7. The van der Waals surface area contributed by atoms with Gasteiger partial charge in [0.2, 0.25) is 0 Å². The van der Waals surface area contributed by atoms with Crippen molar-refractivity contribution in [2.24, 2.45) is 0 Å². The molecule has 0 aliphatic carbocycles. The molecular weight excluding hydrogens is 278 g/mol. The van der Waals surface area contributed by atoms with Crippen LogP contribution in [-0.2, 0) is 17.9 Å². The number of aromatic nitrogens is 3. The van der Waals surface area contributed by atoms with Gasteiger partial charge >= 0.3 is 5.97 Å². The highest BCUT2D eigenvalue weighted by Gasteiger charge is 2.10. The molecule has 0 radical (unpaired) electrons. The molecule has 9 nitrogen and oxygen atoms in total. The van der Waals surface area contributed by atoms with E-state index in [1.54, 1.807) is 19.1 Å². The minimum atomic E-state index is -0.995. The number of aliphatic carboxylic acids is 1. The zero-order valence-electron chi connectivity index (χ0n) is 11.2. The van der Waals surface area contributed by atoms with Crippen LogP contribution in [-0.4, -0.2) is 31.0 Å². The quantitative estimate of drug-likeness (QED) is 0.605. The van der Waals surface area contributed by atoms with E-state index >= 15 is 0 Å². The van der Waals surface area contributed by atoms with Crippen molar-refractivity contribution in [1.29, 1.82) is 0 Å². The topological polar surface area (TPSA) is 123 Å². The van der Waals surface area contributed by atoms with Crippen molar-refractivity contribution in [3.63, 3.8) is 0 Å². The molecule has 0 amide bonds. The second kappa shape index (κ2) is 5.99. The number of hydrogen-bond acceptors (Lipinski definition) is 6. The van der Waals surface area contributed by atoms with Crippen molar-refractivity contribution >= 4 is 17.3 Å². The highest BCUT2D eigenvalue weighted by molar-refractivity contribution is 5.66. The number of anilines is 1. The van der Waals surface area contributed by atoms with Gasteiger partial charge in [-0.05, 0) is 19.1 Å². The van der Waals surface area contributed by atoms with Crippen LogP contribution in [0.25, 0.3) is 0 Å². The van der Waals surface area contributed by atoms with Gasteiger partial charge in [-0.25, -0.2) is 4.68 Å². The first-order valence-corrected chi connectivity index (χ1v) is 6.05. The third-order valence-electron chi connectivity index (χ3n) is 2.75.